The molecule has 3 heterocycles. The normalized spacial score (nSPS) is 13.6. The molecule has 0 N–H and O–H groups in total. The van der Waals surface area contributed by atoms with E-state index >= 15 is 0 Å². The number of nitrogens with zero attached hydrogens (tertiary/aromatic N) is 2. The Bertz CT molecular complexity index is 3910. The van der Waals surface area contributed by atoms with E-state index in [1.165, 1.54) is 0 Å². The summed E-state index contributed by atoms with van der Waals surface area (Å²) in [4.78, 5) is 0. The molecule has 9 aromatic carbocycles. The van der Waals surface area contributed by atoms with Gasteiger partial charge in [-0.2, -0.15) is 0 Å². The third-order valence-corrected chi connectivity index (χ3v) is 12.3. The largest absolute Gasteiger partial charge is 0.309 e. The molecule has 0 spiro atoms. The first kappa shape index (κ1) is 25.8. The number of benzene rings is 9. The van der Waals surface area contributed by atoms with Gasteiger partial charge in [-0.05, 0) is 100 Å². The number of hydrogen-bond donors (Lipinski definition) is 0. The second-order valence-corrected chi connectivity index (χ2v) is 15.4. The van der Waals surface area contributed by atoms with Crippen molar-refractivity contribution < 1.29 is 9.60 Å². The maximum absolute atomic E-state index is 10.0. The fourth-order valence-corrected chi connectivity index (χ4v) is 9.76. The van der Waals surface area contributed by atoms with Gasteiger partial charge in [0.15, 0.2) is 0 Å². The van der Waals surface area contributed by atoms with Crippen LogP contribution in [-0.2, 0) is 0 Å². The number of thiophene rings is 1. The van der Waals surface area contributed by atoms with Crippen LogP contribution < -0.4 is 0 Å². The first-order valence-electron chi connectivity index (χ1n) is 22.4. The smallest absolute Gasteiger partial charge is 0.0645 e. The van der Waals surface area contributed by atoms with E-state index in [9.17, 15) is 6.85 Å². The quantitative estimate of drug-likeness (QED) is 0.166. The minimum atomic E-state index is -0.419. The van der Waals surface area contributed by atoms with E-state index < -0.39 is 12.1 Å². The molecule has 57 heavy (non-hydrogen) atoms. The van der Waals surface area contributed by atoms with Crippen LogP contribution in [0.3, 0.4) is 0 Å². The van der Waals surface area contributed by atoms with Crippen LogP contribution in [0.15, 0.2) is 206 Å². The van der Waals surface area contributed by atoms with Gasteiger partial charge >= 0.3 is 0 Å². The van der Waals surface area contributed by atoms with Crippen LogP contribution in [0.4, 0.5) is 0 Å². The van der Waals surface area contributed by atoms with Crippen molar-refractivity contribution >= 4 is 75.1 Å². The highest BCUT2D eigenvalue weighted by Crippen LogP contribution is 2.43. The van der Waals surface area contributed by atoms with Crippen molar-refractivity contribution in [2.75, 3.05) is 0 Å². The first-order valence-corrected chi connectivity index (χ1v) is 19.8. The molecular weight excluding hydrogens is 709 g/mol. The zero-order valence-electron chi connectivity index (χ0n) is 37.4. The summed E-state index contributed by atoms with van der Waals surface area (Å²) in [5.41, 5.74) is 8.99. The summed E-state index contributed by atoms with van der Waals surface area (Å²) in [6.45, 7) is 0. The maximum Gasteiger partial charge on any atom is 0.0645 e. The average Bonchev–Trinajstić information content (AvgIpc) is 4.01. The lowest BCUT2D eigenvalue weighted by Crippen LogP contribution is -1.94. The first-order chi connectivity index (χ1) is 31.2. The Morgan fingerprint density at radius 2 is 1.09 bits per heavy atom. The highest BCUT2D eigenvalue weighted by molar-refractivity contribution is 7.25. The lowest BCUT2D eigenvalue weighted by atomic mass is 9.97. The Morgan fingerprint density at radius 1 is 0.386 bits per heavy atom. The Kier molecular flexibility index (Phi) is 5.74. The van der Waals surface area contributed by atoms with Gasteiger partial charge in [0.2, 0.25) is 0 Å². The van der Waals surface area contributed by atoms with Crippen LogP contribution in [0.25, 0.3) is 109 Å². The molecule has 0 bridgehead atoms. The summed E-state index contributed by atoms with van der Waals surface area (Å²) in [6, 6.07) is 53.4. The molecule has 3 heteroatoms. The zero-order valence-corrected chi connectivity index (χ0v) is 31.2. The van der Waals surface area contributed by atoms with Gasteiger partial charge in [0.25, 0.3) is 0 Å². The van der Waals surface area contributed by atoms with E-state index in [0.717, 1.165) is 69.9 Å². The van der Waals surface area contributed by atoms with E-state index in [0.29, 0.717) is 11.3 Å². The molecule has 2 nitrogen and oxygen atoms in total. The molecule has 12 aromatic rings. The molecule has 12 rings (SSSR count). The molecule has 0 unspecified atom stereocenters. The van der Waals surface area contributed by atoms with E-state index in [1.807, 2.05) is 97.1 Å². The van der Waals surface area contributed by atoms with Gasteiger partial charge in [-0.15, -0.1) is 11.3 Å². The van der Waals surface area contributed by atoms with Crippen LogP contribution in [0.5, 0.6) is 0 Å². The van der Waals surface area contributed by atoms with Gasteiger partial charge in [0, 0.05) is 47.4 Å². The van der Waals surface area contributed by atoms with Gasteiger partial charge in [-0.1, -0.05) is 139 Å². The molecule has 266 valence electrons. The predicted molar refractivity (Wildman–Crippen MR) is 244 cm³/mol. The third kappa shape index (κ3) is 4.96. The van der Waals surface area contributed by atoms with Crippen LogP contribution in [0.1, 0.15) is 9.60 Å². The Labute approximate surface area is 343 Å². The predicted octanol–water partition coefficient (Wildman–Crippen LogP) is 15.2. The second-order valence-electron chi connectivity index (χ2n) is 14.3. The number of rotatable bonds is 5. The fraction of sp³-hybridized carbons (Fsp3) is 0. The molecule has 0 aliphatic rings. The third-order valence-electron chi connectivity index (χ3n) is 11.2. The van der Waals surface area contributed by atoms with E-state index in [2.05, 4.69) is 71.3 Å². The van der Waals surface area contributed by atoms with Crippen molar-refractivity contribution in [3.05, 3.63) is 206 Å². The minimum absolute atomic E-state index is 0.0741. The number of aromatic nitrogens is 2. The average molecular weight is 750 g/mol. The molecule has 3 aromatic heterocycles. The fourth-order valence-electron chi connectivity index (χ4n) is 8.64. The van der Waals surface area contributed by atoms with Crippen molar-refractivity contribution in [1.82, 2.24) is 9.13 Å². The monoisotopic (exact) mass is 749 g/mol. The number of para-hydroxylation sites is 1. The van der Waals surface area contributed by atoms with Crippen molar-refractivity contribution in [3.8, 4) is 44.8 Å². The summed E-state index contributed by atoms with van der Waals surface area (Å²) in [7, 11) is 0. The lowest BCUT2D eigenvalue weighted by molar-refractivity contribution is 1.18. The zero-order chi connectivity index (χ0) is 43.5. The van der Waals surface area contributed by atoms with Gasteiger partial charge in [0.05, 0.1) is 37.3 Å². The van der Waals surface area contributed by atoms with Gasteiger partial charge in [-0.25, -0.2) is 0 Å². The number of hydrogen-bond acceptors (Lipinski definition) is 1. The summed E-state index contributed by atoms with van der Waals surface area (Å²) in [5.74, 6) is 0. The van der Waals surface area contributed by atoms with Crippen molar-refractivity contribution in [1.29, 1.82) is 0 Å². The maximum atomic E-state index is 10.0. The standard InChI is InChI=1S/C54H34N2S/c1-3-13-35(14-4-1)36-25-29-40(30-26-36)55-48-32-28-39(34-45(48)53-41(19-11-21-49(53)55)37-15-5-2-6-16-37)38-27-31-47-44(33-38)42-17-7-9-20-46(42)56(47)50-22-12-24-52-54(50)43-18-8-10-23-51(43)57-52/h1-34H/i7D,9D,17D,20D,27D,31D,33D. The highest BCUT2D eigenvalue weighted by Gasteiger charge is 2.20. The van der Waals surface area contributed by atoms with Gasteiger partial charge in [0.1, 0.15) is 0 Å². The molecule has 0 fully saturated rings. The molecule has 0 aliphatic heterocycles. The second kappa shape index (κ2) is 12.7. The van der Waals surface area contributed by atoms with Crippen LogP contribution >= 0.6 is 11.3 Å². The molecule has 0 radical (unpaired) electrons. The lowest BCUT2D eigenvalue weighted by Gasteiger charge is -2.11. The molecule has 0 atom stereocenters. The van der Waals surface area contributed by atoms with Gasteiger partial charge < -0.3 is 9.13 Å². The van der Waals surface area contributed by atoms with Crippen LogP contribution in [-0.4, -0.2) is 9.13 Å². The van der Waals surface area contributed by atoms with Crippen molar-refractivity contribution in [2.24, 2.45) is 0 Å². The van der Waals surface area contributed by atoms with Crippen molar-refractivity contribution in [2.45, 2.75) is 0 Å². The number of fused-ring (bicyclic) bond motifs is 9. The highest BCUT2D eigenvalue weighted by atomic mass is 32.1. The molecule has 0 saturated heterocycles. The van der Waals surface area contributed by atoms with Crippen LogP contribution in [0, 0.1) is 0 Å². The Balaban J connectivity index is 1.16. The topological polar surface area (TPSA) is 9.86 Å². The summed E-state index contributed by atoms with van der Waals surface area (Å²) < 4.78 is 71.7. The Hall–Kier alpha value is -7.20. The van der Waals surface area contributed by atoms with Crippen molar-refractivity contribution in [3.63, 3.8) is 0 Å². The molecule has 0 saturated carbocycles. The molecular formula is C54H34N2S. The van der Waals surface area contributed by atoms with Gasteiger partial charge in [-0.3, -0.25) is 0 Å². The summed E-state index contributed by atoms with van der Waals surface area (Å²) >= 11 is 1.62. The minimum Gasteiger partial charge on any atom is -0.309 e. The van der Waals surface area contributed by atoms with E-state index in [4.69, 9.17) is 2.74 Å². The van der Waals surface area contributed by atoms with Crippen LogP contribution in [0.2, 0.25) is 0 Å². The Morgan fingerprint density at radius 3 is 1.95 bits per heavy atom. The SMILES string of the molecule is [2H]c1c([2H])c([2H])c2c(c1[2H])c1c([2H])c(-c3ccc4c(c3)c3c(-c5ccccc5)cccc3n4-c3ccc(-c4ccccc4)cc3)c([2H])c([2H])c1n2-c1cccc2sc3ccccc3c12. The summed E-state index contributed by atoms with van der Waals surface area (Å²) in [5, 5.41) is 4.13. The van der Waals surface area contributed by atoms with E-state index in [1.54, 1.807) is 15.9 Å². The molecule has 0 aliphatic carbocycles. The van der Waals surface area contributed by atoms with E-state index in [-0.39, 0.29) is 57.6 Å². The molecule has 0 amide bonds. The summed E-state index contributed by atoms with van der Waals surface area (Å²) in [6.07, 6.45) is 0.